The summed E-state index contributed by atoms with van der Waals surface area (Å²) in [6.45, 7) is 3.44. The second kappa shape index (κ2) is 12.3. The van der Waals surface area contributed by atoms with Gasteiger partial charge in [-0.15, -0.1) is 0 Å². The van der Waals surface area contributed by atoms with Crippen molar-refractivity contribution in [3.8, 4) is 0 Å². The summed E-state index contributed by atoms with van der Waals surface area (Å²) in [5.74, 6) is -1.31. The maximum Gasteiger partial charge on any atom is 0.264 e. The third-order valence-electron chi connectivity index (χ3n) is 5.66. The number of rotatable bonds is 11. The van der Waals surface area contributed by atoms with E-state index >= 15 is 0 Å². The molecule has 3 aromatic carbocycles. The average Bonchev–Trinajstić information content (AvgIpc) is 2.89. The number of benzene rings is 3. The molecular formula is C27H30FN3O4S. The SMILES string of the molecule is CCNC(=O)[C@H](CC)N(Cc1ccc(F)cc1)C(=O)CN(c1ccccc1)S(=O)(=O)c1ccccc1. The number of hydrogen-bond donors (Lipinski definition) is 1. The Kier molecular flexibility index (Phi) is 9.19. The first kappa shape index (κ1) is 26.9. The first-order chi connectivity index (χ1) is 17.3. The van der Waals surface area contributed by atoms with Crippen molar-refractivity contribution in [3.05, 3.63) is 96.3 Å². The minimum Gasteiger partial charge on any atom is -0.355 e. The maximum atomic E-state index is 13.8. The van der Waals surface area contributed by atoms with Crippen LogP contribution in [0.3, 0.4) is 0 Å². The van der Waals surface area contributed by atoms with E-state index in [2.05, 4.69) is 5.32 Å². The fraction of sp³-hybridized carbons (Fsp3) is 0.259. The van der Waals surface area contributed by atoms with Crippen LogP contribution in [0.2, 0.25) is 0 Å². The Balaban J connectivity index is 2.01. The van der Waals surface area contributed by atoms with Gasteiger partial charge in [0.2, 0.25) is 11.8 Å². The molecule has 0 aliphatic rings. The van der Waals surface area contributed by atoms with E-state index in [-0.39, 0.29) is 17.3 Å². The maximum absolute atomic E-state index is 13.8. The highest BCUT2D eigenvalue weighted by atomic mass is 32.2. The third kappa shape index (κ3) is 6.48. The largest absolute Gasteiger partial charge is 0.355 e. The third-order valence-corrected chi connectivity index (χ3v) is 7.45. The molecule has 3 aromatic rings. The Hall–Kier alpha value is -3.72. The molecule has 1 N–H and O–H groups in total. The molecule has 190 valence electrons. The summed E-state index contributed by atoms with van der Waals surface area (Å²) in [5, 5.41) is 2.74. The lowest BCUT2D eigenvalue weighted by atomic mass is 10.1. The lowest BCUT2D eigenvalue weighted by Crippen LogP contribution is -2.52. The molecule has 0 heterocycles. The van der Waals surface area contributed by atoms with Gasteiger partial charge < -0.3 is 10.2 Å². The minimum absolute atomic E-state index is 0.0166. The number of hydrogen-bond acceptors (Lipinski definition) is 4. The van der Waals surface area contributed by atoms with Crippen molar-refractivity contribution >= 4 is 27.5 Å². The van der Waals surface area contributed by atoms with Gasteiger partial charge in [0.05, 0.1) is 10.6 Å². The van der Waals surface area contributed by atoms with Crippen molar-refractivity contribution in [2.24, 2.45) is 0 Å². The number of nitrogens with one attached hydrogen (secondary N) is 1. The molecule has 0 saturated carbocycles. The number of amides is 2. The predicted octanol–water partition coefficient (Wildman–Crippen LogP) is 3.96. The van der Waals surface area contributed by atoms with Gasteiger partial charge in [-0.05, 0) is 55.3 Å². The van der Waals surface area contributed by atoms with Crippen molar-refractivity contribution in [3.63, 3.8) is 0 Å². The van der Waals surface area contributed by atoms with E-state index in [1.165, 1.54) is 41.3 Å². The van der Waals surface area contributed by atoms with E-state index in [0.29, 0.717) is 24.2 Å². The van der Waals surface area contributed by atoms with E-state index in [9.17, 15) is 22.4 Å². The van der Waals surface area contributed by atoms with Crippen molar-refractivity contribution in [2.75, 3.05) is 17.4 Å². The van der Waals surface area contributed by atoms with Crippen LogP contribution in [-0.4, -0.2) is 44.3 Å². The highest BCUT2D eigenvalue weighted by Crippen LogP contribution is 2.24. The van der Waals surface area contributed by atoms with Gasteiger partial charge in [-0.25, -0.2) is 12.8 Å². The van der Waals surface area contributed by atoms with Gasteiger partial charge in [-0.3, -0.25) is 13.9 Å². The van der Waals surface area contributed by atoms with Crippen molar-refractivity contribution in [1.29, 1.82) is 0 Å². The molecule has 0 bridgehead atoms. The molecule has 0 radical (unpaired) electrons. The summed E-state index contributed by atoms with van der Waals surface area (Å²) in [6.07, 6.45) is 0.315. The fourth-order valence-corrected chi connectivity index (χ4v) is 5.28. The molecule has 1 atom stereocenters. The first-order valence-corrected chi connectivity index (χ1v) is 13.2. The summed E-state index contributed by atoms with van der Waals surface area (Å²) in [7, 11) is -4.09. The van der Waals surface area contributed by atoms with Gasteiger partial charge in [-0.1, -0.05) is 55.5 Å². The van der Waals surface area contributed by atoms with Crippen LogP contribution in [0.5, 0.6) is 0 Å². The molecule has 0 fully saturated rings. The van der Waals surface area contributed by atoms with Gasteiger partial charge >= 0.3 is 0 Å². The predicted molar refractivity (Wildman–Crippen MR) is 137 cm³/mol. The second-order valence-corrected chi connectivity index (χ2v) is 9.99. The van der Waals surface area contributed by atoms with Crippen molar-refractivity contribution in [2.45, 2.75) is 37.8 Å². The van der Waals surface area contributed by atoms with Crippen LogP contribution in [-0.2, 0) is 26.2 Å². The molecule has 3 rings (SSSR count). The van der Waals surface area contributed by atoms with Crippen LogP contribution in [0.4, 0.5) is 10.1 Å². The minimum atomic E-state index is -4.09. The van der Waals surface area contributed by atoms with E-state index in [0.717, 1.165) is 4.31 Å². The van der Waals surface area contributed by atoms with Gasteiger partial charge in [-0.2, -0.15) is 0 Å². The number of halogens is 1. The molecule has 0 spiro atoms. The standard InChI is InChI=1S/C27H30FN3O4S/c1-3-25(27(33)29-4-2)30(19-21-15-17-22(28)18-16-21)26(32)20-31(23-11-7-5-8-12-23)36(34,35)24-13-9-6-10-14-24/h5-18,25H,3-4,19-20H2,1-2H3,(H,29,33)/t25-/m0/s1. The highest BCUT2D eigenvalue weighted by Gasteiger charge is 2.33. The number of anilines is 1. The average molecular weight is 512 g/mol. The van der Waals surface area contributed by atoms with Gasteiger partial charge in [0, 0.05) is 13.1 Å². The normalized spacial score (nSPS) is 12.0. The Labute approximate surface area is 211 Å². The van der Waals surface area contributed by atoms with Crippen molar-refractivity contribution < 1.29 is 22.4 Å². The number of sulfonamides is 1. The molecular weight excluding hydrogens is 481 g/mol. The summed E-state index contributed by atoms with van der Waals surface area (Å²) in [6, 6.07) is 21.0. The fourth-order valence-electron chi connectivity index (χ4n) is 3.84. The molecule has 7 nitrogen and oxygen atoms in total. The highest BCUT2D eigenvalue weighted by molar-refractivity contribution is 7.92. The molecule has 9 heteroatoms. The van der Waals surface area contributed by atoms with E-state index < -0.39 is 34.3 Å². The number of carbonyl (C=O) groups excluding carboxylic acids is 2. The van der Waals surface area contributed by atoms with Gasteiger partial charge in [0.1, 0.15) is 18.4 Å². The Morgan fingerprint density at radius 2 is 1.47 bits per heavy atom. The van der Waals surface area contributed by atoms with Crippen LogP contribution in [0.25, 0.3) is 0 Å². The van der Waals surface area contributed by atoms with Crippen LogP contribution >= 0.6 is 0 Å². The molecule has 0 saturated heterocycles. The number of nitrogens with zero attached hydrogens (tertiary/aromatic N) is 2. The smallest absolute Gasteiger partial charge is 0.264 e. The zero-order chi connectivity index (χ0) is 26.1. The van der Waals surface area contributed by atoms with Crippen LogP contribution in [0.15, 0.2) is 89.8 Å². The molecule has 0 aliphatic carbocycles. The van der Waals surface area contributed by atoms with Crippen molar-refractivity contribution in [1.82, 2.24) is 10.2 Å². The summed E-state index contributed by atoms with van der Waals surface area (Å²) in [4.78, 5) is 28.0. The van der Waals surface area contributed by atoms with Gasteiger partial charge in [0.25, 0.3) is 10.0 Å². The number of likely N-dealkylation sites (N-methyl/N-ethyl adjacent to an activating group) is 1. The lowest BCUT2D eigenvalue weighted by Gasteiger charge is -2.33. The number of carbonyl (C=O) groups is 2. The van der Waals surface area contributed by atoms with Crippen LogP contribution in [0, 0.1) is 5.82 Å². The topological polar surface area (TPSA) is 86.8 Å². The lowest BCUT2D eigenvalue weighted by molar-refractivity contribution is -0.140. The molecule has 0 aliphatic heterocycles. The molecule has 0 aromatic heterocycles. The summed E-state index contributed by atoms with van der Waals surface area (Å²) >= 11 is 0. The zero-order valence-electron chi connectivity index (χ0n) is 20.3. The van der Waals surface area contributed by atoms with Crippen LogP contribution < -0.4 is 9.62 Å². The van der Waals surface area contributed by atoms with Gasteiger partial charge in [0.15, 0.2) is 0 Å². The molecule has 0 unspecified atom stereocenters. The van der Waals surface area contributed by atoms with E-state index in [4.69, 9.17) is 0 Å². The zero-order valence-corrected chi connectivity index (χ0v) is 21.1. The quantitative estimate of drug-likeness (QED) is 0.422. The van der Waals surface area contributed by atoms with Crippen LogP contribution in [0.1, 0.15) is 25.8 Å². The molecule has 2 amide bonds. The summed E-state index contributed by atoms with van der Waals surface area (Å²) in [5.41, 5.74) is 0.937. The van der Waals surface area contributed by atoms with E-state index in [1.54, 1.807) is 62.4 Å². The van der Waals surface area contributed by atoms with E-state index in [1.807, 2.05) is 0 Å². The first-order valence-electron chi connectivity index (χ1n) is 11.7. The monoisotopic (exact) mass is 511 g/mol. The molecule has 36 heavy (non-hydrogen) atoms. The Morgan fingerprint density at radius 1 is 0.889 bits per heavy atom. The Bertz CT molecular complexity index is 1250. The number of para-hydroxylation sites is 1. The Morgan fingerprint density at radius 3 is 2.03 bits per heavy atom. The second-order valence-electron chi connectivity index (χ2n) is 8.13. The summed E-state index contributed by atoms with van der Waals surface area (Å²) < 4.78 is 41.7.